The van der Waals surface area contributed by atoms with Crippen LogP contribution in [0.5, 0.6) is 0 Å². The van der Waals surface area contributed by atoms with E-state index in [1.807, 2.05) is 0 Å². The Labute approximate surface area is 151 Å². The van der Waals surface area contributed by atoms with Gasteiger partial charge in [0.2, 0.25) is 5.69 Å². The number of aromatic nitrogens is 1. The van der Waals surface area contributed by atoms with Crippen LogP contribution < -0.4 is 4.57 Å². The maximum Gasteiger partial charge on any atom is 0.213 e. The second kappa shape index (κ2) is 5.84. The van der Waals surface area contributed by atoms with Crippen molar-refractivity contribution in [2.45, 2.75) is 46.1 Å². The van der Waals surface area contributed by atoms with E-state index in [-0.39, 0.29) is 5.54 Å². The highest BCUT2D eigenvalue weighted by Crippen LogP contribution is 2.34. The Hall–Kier alpha value is -2.41. The van der Waals surface area contributed by atoms with Gasteiger partial charge in [-0.15, -0.1) is 0 Å². The van der Waals surface area contributed by atoms with Crippen molar-refractivity contribution < 1.29 is 4.57 Å². The predicted molar refractivity (Wildman–Crippen MR) is 105 cm³/mol. The first-order valence-electron chi connectivity index (χ1n) is 9.18. The van der Waals surface area contributed by atoms with E-state index in [1.54, 1.807) is 0 Å². The van der Waals surface area contributed by atoms with Gasteiger partial charge in [-0.25, -0.2) is 0 Å². The van der Waals surface area contributed by atoms with Gasteiger partial charge < -0.3 is 0 Å². The van der Waals surface area contributed by atoms with E-state index in [2.05, 4.69) is 93.1 Å². The molecule has 2 aromatic carbocycles. The van der Waals surface area contributed by atoms with Crippen LogP contribution in [-0.2, 0) is 12.0 Å². The summed E-state index contributed by atoms with van der Waals surface area (Å²) in [7, 11) is 0. The Bertz CT molecular complexity index is 950. The molecule has 0 aliphatic carbocycles. The topological polar surface area (TPSA) is 3.88 Å². The van der Waals surface area contributed by atoms with Crippen LogP contribution in [-0.4, -0.2) is 0 Å². The van der Waals surface area contributed by atoms with Crippen molar-refractivity contribution in [2.75, 3.05) is 0 Å². The molecule has 1 heteroatoms. The highest BCUT2D eigenvalue weighted by Gasteiger charge is 2.35. The summed E-state index contributed by atoms with van der Waals surface area (Å²) in [6.07, 6.45) is 4.51. The van der Waals surface area contributed by atoms with Crippen molar-refractivity contribution in [1.82, 2.24) is 0 Å². The molecule has 0 saturated carbocycles. The molecule has 1 aliphatic rings. The number of hydrogen-bond acceptors (Lipinski definition) is 0. The SMILES string of the molecule is Cc1ccc(C)c(-c2ccc3c(c2)-c2cccc[n+]2C(C)(C)CC3)c1. The molecule has 0 fully saturated rings. The van der Waals surface area contributed by atoms with E-state index in [0.29, 0.717) is 0 Å². The fourth-order valence-electron chi connectivity index (χ4n) is 4.00. The Balaban J connectivity index is 1.94. The van der Waals surface area contributed by atoms with E-state index in [1.165, 1.54) is 39.1 Å². The zero-order chi connectivity index (χ0) is 17.6. The molecule has 2 heterocycles. The average Bonchev–Trinajstić information content (AvgIpc) is 2.72. The van der Waals surface area contributed by atoms with Gasteiger partial charge >= 0.3 is 0 Å². The molecule has 0 amide bonds. The number of aryl methyl sites for hydroxylation is 3. The number of pyridine rings is 1. The Morgan fingerprint density at radius 1 is 0.880 bits per heavy atom. The van der Waals surface area contributed by atoms with Crippen LogP contribution in [0.15, 0.2) is 60.8 Å². The maximum absolute atomic E-state index is 2.45. The summed E-state index contributed by atoms with van der Waals surface area (Å²) >= 11 is 0. The molecule has 0 N–H and O–H groups in total. The second-order valence-corrected chi connectivity index (χ2v) is 7.96. The summed E-state index contributed by atoms with van der Waals surface area (Å²) in [6, 6.07) is 20.3. The smallest absolute Gasteiger partial charge is 0.194 e. The van der Waals surface area contributed by atoms with Crippen molar-refractivity contribution in [2.24, 2.45) is 0 Å². The van der Waals surface area contributed by atoms with Crippen LogP contribution in [0.4, 0.5) is 0 Å². The molecule has 1 aromatic heterocycles. The van der Waals surface area contributed by atoms with E-state index in [9.17, 15) is 0 Å². The van der Waals surface area contributed by atoms with Crippen molar-refractivity contribution in [3.05, 3.63) is 77.5 Å². The number of nitrogens with zero attached hydrogens (tertiary/aromatic N) is 1. The first-order chi connectivity index (χ1) is 12.0. The van der Waals surface area contributed by atoms with E-state index >= 15 is 0 Å². The largest absolute Gasteiger partial charge is 0.213 e. The lowest BCUT2D eigenvalue weighted by Gasteiger charge is -2.18. The molecule has 25 heavy (non-hydrogen) atoms. The van der Waals surface area contributed by atoms with E-state index < -0.39 is 0 Å². The summed E-state index contributed by atoms with van der Waals surface area (Å²) < 4.78 is 2.45. The van der Waals surface area contributed by atoms with Crippen molar-refractivity contribution in [3.8, 4) is 22.4 Å². The normalized spacial score (nSPS) is 15.2. The molecule has 0 radical (unpaired) electrons. The number of benzene rings is 2. The zero-order valence-electron chi connectivity index (χ0n) is 15.6. The summed E-state index contributed by atoms with van der Waals surface area (Å²) in [5, 5.41) is 0. The predicted octanol–water partition coefficient (Wildman–Crippen LogP) is 5.61. The van der Waals surface area contributed by atoms with Gasteiger partial charge in [0.15, 0.2) is 11.7 Å². The van der Waals surface area contributed by atoms with Gasteiger partial charge in [0.05, 0.1) is 0 Å². The number of fused-ring (bicyclic) bond motifs is 3. The first kappa shape index (κ1) is 16.1. The van der Waals surface area contributed by atoms with Gasteiger partial charge in [0, 0.05) is 38.0 Å². The third-order valence-electron chi connectivity index (χ3n) is 5.61. The molecule has 4 rings (SSSR count). The minimum atomic E-state index is 0.134. The molecular formula is C24H26N+. The van der Waals surface area contributed by atoms with Crippen LogP contribution in [0.3, 0.4) is 0 Å². The van der Waals surface area contributed by atoms with Gasteiger partial charge in [-0.1, -0.05) is 35.9 Å². The summed E-state index contributed by atoms with van der Waals surface area (Å²) in [6.45, 7) is 9.05. The molecule has 1 nitrogen and oxygen atoms in total. The fraction of sp³-hybridized carbons (Fsp3) is 0.292. The fourth-order valence-corrected chi connectivity index (χ4v) is 4.00. The summed E-state index contributed by atoms with van der Waals surface area (Å²) in [5.41, 5.74) is 9.60. The lowest BCUT2D eigenvalue weighted by atomic mass is 9.92. The quantitative estimate of drug-likeness (QED) is 0.511. The minimum absolute atomic E-state index is 0.134. The lowest BCUT2D eigenvalue weighted by Crippen LogP contribution is -2.52. The Morgan fingerprint density at radius 3 is 2.56 bits per heavy atom. The van der Waals surface area contributed by atoms with E-state index in [0.717, 1.165) is 12.8 Å². The van der Waals surface area contributed by atoms with Gasteiger partial charge in [-0.3, -0.25) is 0 Å². The van der Waals surface area contributed by atoms with Crippen LogP contribution in [0.1, 0.15) is 37.0 Å². The molecular weight excluding hydrogens is 302 g/mol. The monoisotopic (exact) mass is 328 g/mol. The molecule has 0 unspecified atom stereocenters. The second-order valence-electron chi connectivity index (χ2n) is 7.96. The molecule has 0 bridgehead atoms. The molecule has 126 valence electrons. The van der Waals surface area contributed by atoms with Crippen LogP contribution in [0, 0.1) is 13.8 Å². The maximum atomic E-state index is 2.45. The summed E-state index contributed by atoms with van der Waals surface area (Å²) in [5.74, 6) is 0. The van der Waals surface area contributed by atoms with Crippen molar-refractivity contribution >= 4 is 0 Å². The lowest BCUT2D eigenvalue weighted by molar-refractivity contribution is -0.748. The van der Waals surface area contributed by atoms with Crippen molar-refractivity contribution in [3.63, 3.8) is 0 Å². The zero-order valence-corrected chi connectivity index (χ0v) is 15.6. The highest BCUT2D eigenvalue weighted by atomic mass is 15.0. The van der Waals surface area contributed by atoms with Crippen LogP contribution in [0.25, 0.3) is 22.4 Å². The molecule has 3 aromatic rings. The number of rotatable bonds is 1. The molecule has 0 saturated heterocycles. The van der Waals surface area contributed by atoms with Gasteiger partial charge in [-0.2, -0.15) is 4.57 Å². The Morgan fingerprint density at radius 2 is 1.72 bits per heavy atom. The number of hydrogen-bond donors (Lipinski definition) is 0. The third kappa shape index (κ3) is 2.78. The van der Waals surface area contributed by atoms with Gasteiger partial charge in [0.25, 0.3) is 0 Å². The Kier molecular flexibility index (Phi) is 3.76. The van der Waals surface area contributed by atoms with Crippen LogP contribution >= 0.6 is 0 Å². The molecule has 1 aliphatic heterocycles. The minimum Gasteiger partial charge on any atom is -0.194 e. The van der Waals surface area contributed by atoms with Crippen LogP contribution in [0.2, 0.25) is 0 Å². The van der Waals surface area contributed by atoms with Crippen molar-refractivity contribution in [1.29, 1.82) is 0 Å². The first-order valence-corrected chi connectivity index (χ1v) is 9.18. The van der Waals surface area contributed by atoms with Gasteiger partial charge in [0.1, 0.15) is 0 Å². The third-order valence-corrected chi connectivity index (χ3v) is 5.61. The van der Waals surface area contributed by atoms with Gasteiger partial charge in [-0.05, 0) is 54.7 Å². The standard InChI is InChI=1S/C24H26N/c1-17-8-9-18(2)21(15-17)20-11-10-19-12-13-24(3,4)25-14-6-5-7-23(25)22(19)16-20/h5-11,14-16H,12-13H2,1-4H3/q+1. The summed E-state index contributed by atoms with van der Waals surface area (Å²) in [4.78, 5) is 0. The molecule has 0 spiro atoms. The molecule has 0 atom stereocenters. The highest BCUT2D eigenvalue weighted by molar-refractivity contribution is 5.75. The average molecular weight is 328 g/mol. The van der Waals surface area contributed by atoms with E-state index in [4.69, 9.17) is 0 Å².